The molecule has 5 nitrogen and oxygen atoms in total. The molecule has 0 unspecified atom stereocenters. The first-order valence-electron chi connectivity index (χ1n) is 8.33. The Labute approximate surface area is 143 Å². The van der Waals surface area contributed by atoms with E-state index in [1.54, 1.807) is 6.92 Å². The minimum absolute atomic E-state index is 0.140. The summed E-state index contributed by atoms with van der Waals surface area (Å²) in [4.78, 5) is 22.5. The van der Waals surface area contributed by atoms with Crippen LogP contribution in [0.5, 0.6) is 0 Å². The lowest BCUT2D eigenvalue weighted by Crippen LogP contribution is -2.41. The number of aliphatic hydroxyl groups is 2. The minimum atomic E-state index is -1.05. The molecule has 1 aliphatic carbocycles. The second kappa shape index (κ2) is 9.55. The van der Waals surface area contributed by atoms with Gasteiger partial charge < -0.3 is 15.3 Å². The van der Waals surface area contributed by atoms with Gasteiger partial charge in [-0.1, -0.05) is 23.3 Å². The number of ketones is 1. The Balaban J connectivity index is 2.48. The average molecular weight is 336 g/mol. The monoisotopic (exact) mass is 336 g/mol. The summed E-state index contributed by atoms with van der Waals surface area (Å²) < 4.78 is 0. The smallest absolute Gasteiger partial charge is 0.303 e. The van der Waals surface area contributed by atoms with Crippen LogP contribution in [-0.2, 0) is 9.59 Å². The van der Waals surface area contributed by atoms with Crippen molar-refractivity contribution in [2.24, 2.45) is 5.92 Å². The van der Waals surface area contributed by atoms with Gasteiger partial charge in [0.15, 0.2) is 5.78 Å². The predicted octanol–water partition coefficient (Wildman–Crippen LogP) is 2.78. The number of hydrogen-bond acceptors (Lipinski definition) is 4. The van der Waals surface area contributed by atoms with Gasteiger partial charge in [-0.05, 0) is 58.1 Å². The first kappa shape index (κ1) is 20.3. The molecule has 0 aromatic carbocycles. The highest BCUT2D eigenvalue weighted by Gasteiger charge is 2.35. The van der Waals surface area contributed by atoms with Crippen LogP contribution in [0.2, 0.25) is 0 Å². The van der Waals surface area contributed by atoms with E-state index in [-0.39, 0.29) is 12.2 Å². The fourth-order valence-corrected chi connectivity index (χ4v) is 2.71. The van der Waals surface area contributed by atoms with Crippen molar-refractivity contribution in [3.63, 3.8) is 0 Å². The number of carboxylic acid groups (broad SMARTS) is 1. The third-order valence-electron chi connectivity index (χ3n) is 4.42. The van der Waals surface area contributed by atoms with Crippen LogP contribution in [-0.4, -0.2) is 39.3 Å². The van der Waals surface area contributed by atoms with Gasteiger partial charge >= 0.3 is 5.97 Å². The summed E-state index contributed by atoms with van der Waals surface area (Å²) in [5.41, 5.74) is 2.68. The molecule has 1 rings (SSSR count). The summed E-state index contributed by atoms with van der Waals surface area (Å²) in [5, 5.41) is 28.5. The largest absolute Gasteiger partial charge is 0.481 e. The molecule has 24 heavy (non-hydrogen) atoms. The SMILES string of the molecule is CC1=CC(=O)[C@H](C/C=C(/C)CC/C=C(\C)CCC(=O)O)[C@H](O)[C@@H]1O. The van der Waals surface area contributed by atoms with Gasteiger partial charge in [0.05, 0.1) is 12.0 Å². The van der Waals surface area contributed by atoms with E-state index in [9.17, 15) is 19.8 Å². The van der Waals surface area contributed by atoms with Crippen molar-refractivity contribution >= 4 is 11.8 Å². The fraction of sp³-hybridized carbons (Fsp3) is 0.579. The minimum Gasteiger partial charge on any atom is -0.481 e. The number of aliphatic hydroxyl groups excluding tert-OH is 2. The van der Waals surface area contributed by atoms with Crippen molar-refractivity contribution in [2.45, 2.75) is 65.1 Å². The van der Waals surface area contributed by atoms with Gasteiger partial charge in [0.2, 0.25) is 0 Å². The van der Waals surface area contributed by atoms with Gasteiger partial charge in [-0.25, -0.2) is 0 Å². The summed E-state index contributed by atoms with van der Waals surface area (Å²) in [6.45, 7) is 5.54. The molecule has 5 heteroatoms. The van der Waals surface area contributed by atoms with Crippen LogP contribution in [0.4, 0.5) is 0 Å². The van der Waals surface area contributed by atoms with Gasteiger partial charge in [-0.2, -0.15) is 0 Å². The zero-order valence-corrected chi connectivity index (χ0v) is 14.7. The van der Waals surface area contributed by atoms with Crippen LogP contribution in [0, 0.1) is 5.92 Å². The summed E-state index contributed by atoms with van der Waals surface area (Å²) in [5.74, 6) is -1.52. The second-order valence-electron chi connectivity index (χ2n) is 6.60. The molecule has 3 atom stereocenters. The molecule has 0 aromatic rings. The normalized spacial score (nSPS) is 25.6. The Morgan fingerprint density at radius 2 is 1.75 bits per heavy atom. The highest BCUT2D eigenvalue weighted by Crippen LogP contribution is 2.25. The van der Waals surface area contributed by atoms with E-state index < -0.39 is 24.1 Å². The standard InChI is InChI=1S/C19H28O5/c1-12(5-4-6-13(2)8-10-17(21)22)7-9-15-16(20)11-14(3)18(23)19(15)24/h6-7,11,15,18-19,23-24H,4-5,8-10H2,1-3H3,(H,21,22)/b12-7-,13-6+/t15-,18+,19-/m0/s1. The molecule has 0 heterocycles. The number of hydrogen-bond donors (Lipinski definition) is 3. The zero-order chi connectivity index (χ0) is 18.3. The van der Waals surface area contributed by atoms with Gasteiger partial charge in [0.25, 0.3) is 0 Å². The first-order valence-corrected chi connectivity index (χ1v) is 8.33. The number of carbonyl (C=O) groups is 2. The van der Waals surface area contributed by atoms with Gasteiger partial charge in [0.1, 0.15) is 6.10 Å². The van der Waals surface area contributed by atoms with Crippen molar-refractivity contribution in [1.29, 1.82) is 0 Å². The molecule has 3 N–H and O–H groups in total. The maximum Gasteiger partial charge on any atom is 0.303 e. The Morgan fingerprint density at radius 3 is 2.38 bits per heavy atom. The lowest BCUT2D eigenvalue weighted by atomic mass is 9.82. The van der Waals surface area contributed by atoms with Crippen molar-refractivity contribution in [2.75, 3.05) is 0 Å². The Kier molecular flexibility index (Phi) is 8.08. The summed E-state index contributed by atoms with van der Waals surface area (Å²) in [7, 11) is 0. The maximum absolute atomic E-state index is 12.0. The van der Waals surface area contributed by atoms with Crippen molar-refractivity contribution in [3.05, 3.63) is 34.9 Å². The molecular weight excluding hydrogens is 308 g/mol. The van der Waals surface area contributed by atoms with Crippen molar-refractivity contribution < 1.29 is 24.9 Å². The molecule has 0 aromatic heterocycles. The first-order chi connectivity index (χ1) is 11.2. The van der Waals surface area contributed by atoms with E-state index in [1.165, 1.54) is 6.08 Å². The molecule has 0 aliphatic heterocycles. The van der Waals surface area contributed by atoms with Crippen molar-refractivity contribution in [3.8, 4) is 0 Å². The van der Waals surface area contributed by atoms with E-state index >= 15 is 0 Å². The maximum atomic E-state index is 12.0. The summed E-state index contributed by atoms with van der Waals surface area (Å²) in [6, 6.07) is 0. The number of carboxylic acids is 1. The van der Waals surface area contributed by atoms with Crippen LogP contribution in [0.3, 0.4) is 0 Å². The van der Waals surface area contributed by atoms with Gasteiger partial charge in [0, 0.05) is 6.42 Å². The topological polar surface area (TPSA) is 94.8 Å². The van der Waals surface area contributed by atoms with E-state index in [4.69, 9.17) is 5.11 Å². The highest BCUT2D eigenvalue weighted by molar-refractivity contribution is 5.94. The number of allylic oxidation sites excluding steroid dienone is 5. The molecule has 0 saturated carbocycles. The summed E-state index contributed by atoms with van der Waals surface area (Å²) >= 11 is 0. The number of rotatable bonds is 8. The van der Waals surface area contributed by atoms with Gasteiger partial charge in [-0.3, -0.25) is 9.59 Å². The molecule has 0 bridgehead atoms. The average Bonchev–Trinajstić information content (AvgIpc) is 2.50. The van der Waals surface area contributed by atoms with Crippen LogP contribution in [0.25, 0.3) is 0 Å². The van der Waals surface area contributed by atoms with Crippen LogP contribution >= 0.6 is 0 Å². The zero-order valence-electron chi connectivity index (χ0n) is 14.7. The second-order valence-corrected chi connectivity index (χ2v) is 6.60. The third-order valence-corrected chi connectivity index (χ3v) is 4.42. The number of carbonyl (C=O) groups excluding carboxylic acids is 1. The van der Waals surface area contributed by atoms with Gasteiger partial charge in [-0.15, -0.1) is 0 Å². The Hall–Kier alpha value is -1.72. The van der Waals surface area contributed by atoms with E-state index in [0.717, 1.165) is 24.0 Å². The fourth-order valence-electron chi connectivity index (χ4n) is 2.71. The lowest BCUT2D eigenvalue weighted by Gasteiger charge is -2.29. The van der Waals surface area contributed by atoms with Crippen LogP contribution in [0.1, 0.15) is 52.9 Å². The molecule has 0 spiro atoms. The molecular formula is C19H28O5. The Bertz CT molecular complexity index is 556. The van der Waals surface area contributed by atoms with Crippen molar-refractivity contribution in [1.82, 2.24) is 0 Å². The van der Waals surface area contributed by atoms with Crippen LogP contribution in [0.15, 0.2) is 34.9 Å². The van der Waals surface area contributed by atoms with E-state index in [0.29, 0.717) is 18.4 Å². The quantitative estimate of drug-likeness (QED) is 0.593. The third kappa shape index (κ3) is 6.42. The summed E-state index contributed by atoms with van der Waals surface area (Å²) in [6.07, 6.45) is 6.12. The van der Waals surface area contributed by atoms with E-state index in [1.807, 2.05) is 26.0 Å². The van der Waals surface area contributed by atoms with E-state index in [2.05, 4.69) is 0 Å². The van der Waals surface area contributed by atoms with Crippen LogP contribution < -0.4 is 0 Å². The molecule has 0 radical (unpaired) electrons. The Morgan fingerprint density at radius 1 is 1.12 bits per heavy atom. The molecule has 134 valence electrons. The predicted molar refractivity (Wildman–Crippen MR) is 92.5 cm³/mol. The highest BCUT2D eigenvalue weighted by atomic mass is 16.4. The molecule has 0 saturated heterocycles. The molecule has 1 aliphatic rings. The number of aliphatic carboxylic acids is 1. The lowest BCUT2D eigenvalue weighted by molar-refractivity contribution is -0.137. The molecule has 0 amide bonds. The molecule has 0 fully saturated rings.